The zero-order valence-corrected chi connectivity index (χ0v) is 11.5. The zero-order valence-electron chi connectivity index (χ0n) is 11.5. The number of ether oxygens (including phenoxy) is 1. The van der Waals surface area contributed by atoms with Gasteiger partial charge in [-0.25, -0.2) is 4.39 Å². The van der Waals surface area contributed by atoms with Crippen LogP contribution in [0.3, 0.4) is 0 Å². The molecule has 1 unspecified atom stereocenters. The molecule has 1 aromatic carbocycles. The van der Waals surface area contributed by atoms with Crippen molar-refractivity contribution in [3.63, 3.8) is 0 Å². The SMILES string of the molecule is CC(Oc1ccccc1F)C(=O)N[C@H]1CCCC[C@@H]1O. The molecule has 110 valence electrons. The quantitative estimate of drug-likeness (QED) is 0.887. The van der Waals surface area contributed by atoms with Crippen molar-refractivity contribution in [3.8, 4) is 5.75 Å². The Kier molecular flexibility index (Phi) is 4.95. The number of hydrogen-bond acceptors (Lipinski definition) is 3. The van der Waals surface area contributed by atoms with Gasteiger partial charge in [0.2, 0.25) is 0 Å². The van der Waals surface area contributed by atoms with Crippen LogP contribution in [0.5, 0.6) is 5.75 Å². The summed E-state index contributed by atoms with van der Waals surface area (Å²) in [6.07, 6.45) is 2.13. The molecule has 0 spiro atoms. The van der Waals surface area contributed by atoms with Crippen molar-refractivity contribution in [2.75, 3.05) is 0 Å². The van der Waals surface area contributed by atoms with Crippen LogP contribution in [-0.4, -0.2) is 29.3 Å². The largest absolute Gasteiger partial charge is 0.478 e. The van der Waals surface area contributed by atoms with Crippen LogP contribution in [0.2, 0.25) is 0 Å². The van der Waals surface area contributed by atoms with Gasteiger partial charge < -0.3 is 15.2 Å². The Balaban J connectivity index is 1.90. The first kappa shape index (κ1) is 14.8. The predicted molar refractivity (Wildman–Crippen MR) is 72.9 cm³/mol. The molecule has 0 saturated heterocycles. The molecule has 0 aliphatic heterocycles. The van der Waals surface area contributed by atoms with Crippen LogP contribution in [0.25, 0.3) is 0 Å². The lowest BCUT2D eigenvalue weighted by atomic mass is 9.92. The molecule has 1 aromatic rings. The molecule has 0 radical (unpaired) electrons. The van der Waals surface area contributed by atoms with E-state index in [4.69, 9.17) is 4.74 Å². The maximum atomic E-state index is 13.4. The lowest BCUT2D eigenvalue weighted by Gasteiger charge is -2.29. The Morgan fingerprint density at radius 2 is 2.10 bits per heavy atom. The van der Waals surface area contributed by atoms with Gasteiger partial charge in [0.15, 0.2) is 17.7 Å². The number of para-hydroxylation sites is 1. The number of carbonyl (C=O) groups excluding carboxylic acids is 1. The normalized spacial score (nSPS) is 23.9. The monoisotopic (exact) mass is 281 g/mol. The summed E-state index contributed by atoms with van der Waals surface area (Å²) in [5, 5.41) is 12.6. The summed E-state index contributed by atoms with van der Waals surface area (Å²) in [5.41, 5.74) is 0. The van der Waals surface area contributed by atoms with E-state index in [0.717, 1.165) is 19.3 Å². The third-order valence-corrected chi connectivity index (χ3v) is 3.57. The van der Waals surface area contributed by atoms with E-state index in [1.807, 2.05) is 0 Å². The van der Waals surface area contributed by atoms with E-state index in [0.29, 0.717) is 6.42 Å². The lowest BCUT2D eigenvalue weighted by Crippen LogP contribution is -2.49. The molecule has 2 N–H and O–H groups in total. The van der Waals surface area contributed by atoms with Crippen LogP contribution in [0.15, 0.2) is 24.3 Å². The summed E-state index contributed by atoms with van der Waals surface area (Å²) in [6, 6.07) is 5.74. The Labute approximate surface area is 117 Å². The second kappa shape index (κ2) is 6.70. The lowest BCUT2D eigenvalue weighted by molar-refractivity contribution is -0.129. The number of nitrogens with one attached hydrogen (secondary N) is 1. The van der Waals surface area contributed by atoms with Crippen molar-refractivity contribution >= 4 is 5.91 Å². The highest BCUT2D eigenvalue weighted by Gasteiger charge is 2.27. The van der Waals surface area contributed by atoms with Gasteiger partial charge in [-0.05, 0) is 31.9 Å². The molecule has 4 nitrogen and oxygen atoms in total. The summed E-state index contributed by atoms with van der Waals surface area (Å²) < 4.78 is 18.8. The Morgan fingerprint density at radius 3 is 2.80 bits per heavy atom. The summed E-state index contributed by atoms with van der Waals surface area (Å²) >= 11 is 0. The Bertz CT molecular complexity index is 466. The maximum absolute atomic E-state index is 13.4. The maximum Gasteiger partial charge on any atom is 0.261 e. The third kappa shape index (κ3) is 3.70. The second-order valence-corrected chi connectivity index (χ2v) is 5.16. The minimum Gasteiger partial charge on any atom is -0.478 e. The van der Waals surface area contributed by atoms with Crippen LogP contribution >= 0.6 is 0 Å². The highest BCUT2D eigenvalue weighted by Crippen LogP contribution is 2.20. The summed E-state index contributed by atoms with van der Waals surface area (Å²) in [7, 11) is 0. The van der Waals surface area contributed by atoms with Gasteiger partial charge in [-0.15, -0.1) is 0 Å². The molecule has 0 heterocycles. The van der Waals surface area contributed by atoms with Crippen LogP contribution < -0.4 is 10.1 Å². The van der Waals surface area contributed by atoms with Crippen molar-refractivity contribution in [2.24, 2.45) is 0 Å². The molecule has 1 saturated carbocycles. The molecular weight excluding hydrogens is 261 g/mol. The van der Waals surface area contributed by atoms with Gasteiger partial charge in [0.25, 0.3) is 5.91 Å². The molecule has 0 aromatic heterocycles. The third-order valence-electron chi connectivity index (χ3n) is 3.57. The summed E-state index contributed by atoms with van der Waals surface area (Å²) in [4.78, 5) is 12.0. The van der Waals surface area contributed by atoms with E-state index in [2.05, 4.69) is 5.32 Å². The van der Waals surface area contributed by atoms with Crippen molar-refractivity contribution in [3.05, 3.63) is 30.1 Å². The number of carbonyl (C=O) groups is 1. The fourth-order valence-corrected chi connectivity index (χ4v) is 2.36. The van der Waals surface area contributed by atoms with Crippen LogP contribution in [0, 0.1) is 5.82 Å². The molecule has 5 heteroatoms. The van der Waals surface area contributed by atoms with E-state index >= 15 is 0 Å². The number of halogens is 1. The van der Waals surface area contributed by atoms with Crippen LogP contribution in [0.1, 0.15) is 32.6 Å². The molecular formula is C15H20FNO3. The van der Waals surface area contributed by atoms with Crippen LogP contribution in [0.4, 0.5) is 4.39 Å². The van der Waals surface area contributed by atoms with Gasteiger partial charge >= 0.3 is 0 Å². The summed E-state index contributed by atoms with van der Waals surface area (Å²) in [6.45, 7) is 1.57. The second-order valence-electron chi connectivity index (χ2n) is 5.16. The topological polar surface area (TPSA) is 58.6 Å². The Hall–Kier alpha value is -1.62. The first-order valence-corrected chi connectivity index (χ1v) is 6.97. The smallest absolute Gasteiger partial charge is 0.261 e. The minimum atomic E-state index is -0.805. The molecule has 0 bridgehead atoms. The first-order chi connectivity index (χ1) is 9.58. The van der Waals surface area contributed by atoms with E-state index < -0.39 is 18.0 Å². The highest BCUT2D eigenvalue weighted by atomic mass is 19.1. The van der Waals surface area contributed by atoms with E-state index in [1.165, 1.54) is 12.1 Å². The van der Waals surface area contributed by atoms with E-state index in [9.17, 15) is 14.3 Å². The highest BCUT2D eigenvalue weighted by molar-refractivity contribution is 5.81. The molecule has 2 rings (SSSR count). The zero-order chi connectivity index (χ0) is 14.5. The Morgan fingerprint density at radius 1 is 1.40 bits per heavy atom. The fourth-order valence-electron chi connectivity index (χ4n) is 2.36. The van der Waals surface area contributed by atoms with Crippen molar-refractivity contribution < 1.29 is 19.0 Å². The number of hydrogen-bond donors (Lipinski definition) is 2. The standard InChI is InChI=1S/C15H20FNO3/c1-10(20-14-9-5-2-6-11(14)16)15(19)17-12-7-3-4-8-13(12)18/h2,5-6,9-10,12-13,18H,3-4,7-8H2,1H3,(H,17,19)/t10?,12-,13-/m0/s1. The number of benzene rings is 1. The van der Waals surface area contributed by atoms with E-state index in [1.54, 1.807) is 19.1 Å². The molecule has 1 fully saturated rings. The van der Waals surface area contributed by atoms with Gasteiger partial charge in [0.1, 0.15) is 0 Å². The van der Waals surface area contributed by atoms with Crippen molar-refractivity contribution in [2.45, 2.75) is 50.9 Å². The van der Waals surface area contributed by atoms with Gasteiger partial charge in [-0.3, -0.25) is 4.79 Å². The molecule has 1 aliphatic carbocycles. The van der Waals surface area contributed by atoms with E-state index in [-0.39, 0.29) is 17.7 Å². The molecule has 1 aliphatic rings. The van der Waals surface area contributed by atoms with Gasteiger partial charge in [-0.2, -0.15) is 0 Å². The molecule has 20 heavy (non-hydrogen) atoms. The predicted octanol–water partition coefficient (Wildman–Crippen LogP) is 2.01. The number of aliphatic hydroxyl groups is 1. The molecule has 1 amide bonds. The number of amides is 1. The number of rotatable bonds is 4. The van der Waals surface area contributed by atoms with Gasteiger partial charge in [-0.1, -0.05) is 25.0 Å². The van der Waals surface area contributed by atoms with Crippen molar-refractivity contribution in [1.29, 1.82) is 0 Å². The first-order valence-electron chi connectivity index (χ1n) is 6.97. The average molecular weight is 281 g/mol. The van der Waals surface area contributed by atoms with Crippen LogP contribution in [-0.2, 0) is 4.79 Å². The number of aliphatic hydroxyl groups excluding tert-OH is 1. The molecule has 3 atom stereocenters. The summed E-state index contributed by atoms with van der Waals surface area (Å²) in [5.74, 6) is -0.775. The fraction of sp³-hybridized carbons (Fsp3) is 0.533. The van der Waals surface area contributed by atoms with Gasteiger partial charge in [0.05, 0.1) is 12.1 Å². The van der Waals surface area contributed by atoms with Crippen molar-refractivity contribution in [1.82, 2.24) is 5.32 Å². The average Bonchev–Trinajstić information content (AvgIpc) is 2.43. The van der Waals surface area contributed by atoms with Gasteiger partial charge in [0, 0.05) is 0 Å². The minimum absolute atomic E-state index is 0.0549.